The smallest absolute Gasteiger partial charge is 0.244 e. The number of phenolic OH excluding ortho intramolecular Hbond substituents is 1. The molecule has 2 aliphatic rings. The summed E-state index contributed by atoms with van der Waals surface area (Å²) in [6.07, 6.45) is 8.00. The Labute approximate surface area is 125 Å². The number of fused-ring (bicyclic) bond motifs is 2. The molecule has 0 aromatic heterocycles. The van der Waals surface area contributed by atoms with Crippen molar-refractivity contribution >= 4 is 12.0 Å². The molecule has 1 aromatic rings. The van der Waals surface area contributed by atoms with E-state index < -0.39 is 0 Å². The van der Waals surface area contributed by atoms with E-state index in [2.05, 4.69) is 17.3 Å². The molecule has 21 heavy (non-hydrogen) atoms. The maximum Gasteiger partial charge on any atom is 0.244 e. The van der Waals surface area contributed by atoms with Gasteiger partial charge in [-0.25, -0.2) is 0 Å². The first-order valence-corrected chi connectivity index (χ1v) is 7.61. The number of nitrogens with zero attached hydrogens (tertiary/aromatic N) is 1. The van der Waals surface area contributed by atoms with Crippen LogP contribution in [0.5, 0.6) is 5.75 Å². The fourth-order valence-corrected chi connectivity index (χ4v) is 3.54. The second-order valence-corrected chi connectivity index (χ2v) is 6.15. The summed E-state index contributed by atoms with van der Waals surface area (Å²) < 4.78 is 0. The molecular formula is C17H22N2O2. The van der Waals surface area contributed by atoms with Crippen LogP contribution >= 0.6 is 0 Å². The van der Waals surface area contributed by atoms with Crippen molar-refractivity contribution in [1.82, 2.24) is 10.2 Å². The van der Waals surface area contributed by atoms with Crippen LogP contribution in [0.15, 0.2) is 30.3 Å². The van der Waals surface area contributed by atoms with E-state index in [0.29, 0.717) is 18.1 Å². The topological polar surface area (TPSA) is 52.6 Å². The van der Waals surface area contributed by atoms with Gasteiger partial charge in [-0.05, 0) is 56.5 Å². The molecule has 2 fully saturated rings. The summed E-state index contributed by atoms with van der Waals surface area (Å²) in [5, 5.41) is 12.3. The van der Waals surface area contributed by atoms with Crippen molar-refractivity contribution in [2.24, 2.45) is 0 Å². The van der Waals surface area contributed by atoms with Gasteiger partial charge in [-0.1, -0.05) is 12.1 Å². The number of piperidine rings is 1. The van der Waals surface area contributed by atoms with Gasteiger partial charge in [0.15, 0.2) is 0 Å². The summed E-state index contributed by atoms with van der Waals surface area (Å²) in [5.41, 5.74) is 0.909. The third kappa shape index (κ3) is 3.27. The van der Waals surface area contributed by atoms with Crippen molar-refractivity contribution in [3.05, 3.63) is 35.9 Å². The van der Waals surface area contributed by atoms with Crippen LogP contribution in [0, 0.1) is 0 Å². The van der Waals surface area contributed by atoms with E-state index in [4.69, 9.17) is 0 Å². The van der Waals surface area contributed by atoms with Gasteiger partial charge in [0, 0.05) is 24.2 Å². The highest BCUT2D eigenvalue weighted by molar-refractivity contribution is 5.91. The van der Waals surface area contributed by atoms with E-state index in [9.17, 15) is 9.90 Å². The highest BCUT2D eigenvalue weighted by Gasteiger charge is 2.38. The van der Waals surface area contributed by atoms with Gasteiger partial charge in [0.1, 0.15) is 5.75 Å². The first kappa shape index (κ1) is 14.1. The number of aromatic hydroxyl groups is 1. The quantitative estimate of drug-likeness (QED) is 0.837. The molecule has 4 nitrogen and oxygen atoms in total. The molecule has 1 aromatic carbocycles. The lowest BCUT2D eigenvalue weighted by atomic mass is 9.98. The zero-order chi connectivity index (χ0) is 14.8. The Morgan fingerprint density at radius 2 is 1.86 bits per heavy atom. The maximum atomic E-state index is 12.0. The van der Waals surface area contributed by atoms with Crippen LogP contribution in [0.2, 0.25) is 0 Å². The molecule has 0 spiro atoms. The number of benzene rings is 1. The van der Waals surface area contributed by atoms with Crippen LogP contribution in [0.1, 0.15) is 31.2 Å². The number of hydrogen-bond acceptors (Lipinski definition) is 3. The molecule has 2 atom stereocenters. The molecule has 0 aliphatic carbocycles. The lowest BCUT2D eigenvalue weighted by molar-refractivity contribution is -0.117. The summed E-state index contributed by atoms with van der Waals surface area (Å²) in [6.45, 7) is 0. The highest BCUT2D eigenvalue weighted by atomic mass is 16.3. The van der Waals surface area contributed by atoms with Crippen molar-refractivity contribution in [2.75, 3.05) is 7.05 Å². The van der Waals surface area contributed by atoms with E-state index in [1.807, 2.05) is 0 Å². The van der Waals surface area contributed by atoms with E-state index in [0.717, 1.165) is 18.4 Å². The van der Waals surface area contributed by atoms with Crippen LogP contribution in [-0.4, -0.2) is 41.1 Å². The molecule has 2 heterocycles. The SMILES string of the molecule is CN1C2CCC1CC(NC(=O)/C=C/c1ccc(O)cc1)C2. The second kappa shape index (κ2) is 5.90. The van der Waals surface area contributed by atoms with Crippen molar-refractivity contribution in [2.45, 2.75) is 43.8 Å². The average molecular weight is 286 g/mol. The molecule has 1 amide bonds. The molecular weight excluding hydrogens is 264 g/mol. The minimum absolute atomic E-state index is 0.0305. The molecule has 3 rings (SSSR count). The second-order valence-electron chi connectivity index (χ2n) is 6.15. The Bertz CT molecular complexity index is 524. The molecule has 0 saturated carbocycles. The first-order chi connectivity index (χ1) is 10.1. The van der Waals surface area contributed by atoms with Crippen molar-refractivity contribution in [3.8, 4) is 5.75 Å². The normalized spacial score (nSPS) is 28.9. The number of hydrogen-bond donors (Lipinski definition) is 2. The van der Waals surface area contributed by atoms with Crippen LogP contribution in [-0.2, 0) is 4.79 Å². The number of carbonyl (C=O) groups excluding carboxylic acids is 1. The number of phenols is 1. The van der Waals surface area contributed by atoms with Crippen LogP contribution in [0.4, 0.5) is 0 Å². The Kier molecular flexibility index (Phi) is 3.97. The van der Waals surface area contributed by atoms with Crippen LogP contribution in [0.3, 0.4) is 0 Å². The van der Waals surface area contributed by atoms with Crippen LogP contribution in [0.25, 0.3) is 6.08 Å². The minimum atomic E-state index is -0.0305. The fraction of sp³-hybridized carbons (Fsp3) is 0.471. The molecule has 4 heteroatoms. The van der Waals surface area contributed by atoms with Gasteiger partial charge in [-0.3, -0.25) is 4.79 Å². The van der Waals surface area contributed by atoms with Crippen LogP contribution < -0.4 is 5.32 Å². The van der Waals surface area contributed by atoms with Gasteiger partial charge in [-0.15, -0.1) is 0 Å². The lowest BCUT2D eigenvalue weighted by Gasteiger charge is -2.36. The summed E-state index contributed by atoms with van der Waals surface area (Å²) >= 11 is 0. The molecule has 0 radical (unpaired) electrons. The van der Waals surface area contributed by atoms with Crippen molar-refractivity contribution in [1.29, 1.82) is 0 Å². The Morgan fingerprint density at radius 3 is 2.48 bits per heavy atom. The van der Waals surface area contributed by atoms with E-state index in [1.54, 1.807) is 36.4 Å². The van der Waals surface area contributed by atoms with Crippen molar-refractivity contribution in [3.63, 3.8) is 0 Å². The molecule has 112 valence electrons. The van der Waals surface area contributed by atoms with Gasteiger partial charge in [0.2, 0.25) is 5.91 Å². The van der Waals surface area contributed by atoms with E-state index >= 15 is 0 Å². The first-order valence-electron chi connectivity index (χ1n) is 7.61. The number of amides is 1. The number of rotatable bonds is 3. The zero-order valence-electron chi connectivity index (χ0n) is 12.3. The van der Waals surface area contributed by atoms with Crippen molar-refractivity contribution < 1.29 is 9.90 Å². The number of nitrogens with one attached hydrogen (secondary N) is 1. The molecule has 2 aliphatic heterocycles. The zero-order valence-corrected chi connectivity index (χ0v) is 12.3. The highest BCUT2D eigenvalue weighted by Crippen LogP contribution is 2.34. The largest absolute Gasteiger partial charge is 0.508 e. The molecule has 2 bridgehead atoms. The Hall–Kier alpha value is -1.81. The lowest BCUT2D eigenvalue weighted by Crippen LogP contribution is -2.48. The third-order valence-electron chi connectivity index (χ3n) is 4.76. The predicted molar refractivity (Wildman–Crippen MR) is 82.9 cm³/mol. The fourth-order valence-electron chi connectivity index (χ4n) is 3.54. The number of carbonyl (C=O) groups is 1. The average Bonchev–Trinajstić information content (AvgIpc) is 2.69. The van der Waals surface area contributed by atoms with E-state index in [-0.39, 0.29) is 11.7 Å². The summed E-state index contributed by atoms with van der Waals surface area (Å²) in [5.74, 6) is 0.204. The molecule has 2 saturated heterocycles. The van der Waals surface area contributed by atoms with Gasteiger partial charge in [0.25, 0.3) is 0 Å². The Morgan fingerprint density at radius 1 is 1.24 bits per heavy atom. The standard InChI is InChI=1S/C17H22N2O2/c1-19-14-5-6-15(19)11-13(10-14)18-17(21)9-4-12-2-7-16(20)8-3-12/h2-4,7-9,13-15,20H,5-6,10-11H2,1H3,(H,18,21)/b9-4+. The van der Waals surface area contributed by atoms with E-state index in [1.165, 1.54) is 12.8 Å². The monoisotopic (exact) mass is 286 g/mol. The van der Waals surface area contributed by atoms with Gasteiger partial charge >= 0.3 is 0 Å². The van der Waals surface area contributed by atoms with Gasteiger partial charge in [-0.2, -0.15) is 0 Å². The minimum Gasteiger partial charge on any atom is -0.508 e. The predicted octanol–water partition coefficient (Wildman–Crippen LogP) is 2.15. The van der Waals surface area contributed by atoms with Gasteiger partial charge < -0.3 is 15.3 Å². The summed E-state index contributed by atoms with van der Waals surface area (Å²) in [6, 6.07) is 8.38. The maximum absolute atomic E-state index is 12.0. The Balaban J connectivity index is 1.54. The summed E-state index contributed by atoms with van der Waals surface area (Å²) in [4.78, 5) is 14.5. The third-order valence-corrected chi connectivity index (χ3v) is 4.76. The molecule has 2 N–H and O–H groups in total. The van der Waals surface area contributed by atoms with Gasteiger partial charge in [0.05, 0.1) is 0 Å². The molecule has 2 unspecified atom stereocenters. The summed E-state index contributed by atoms with van der Waals surface area (Å²) in [7, 11) is 2.20.